The third-order valence-corrected chi connectivity index (χ3v) is 12.5. The van der Waals surface area contributed by atoms with E-state index in [0.29, 0.717) is 6.54 Å². The highest BCUT2D eigenvalue weighted by Gasteiger charge is 2.35. The Balaban J connectivity index is 1.20. The molecule has 256 valence electrons. The van der Waals surface area contributed by atoms with Crippen molar-refractivity contribution in [3.8, 4) is 22.3 Å². The molecule has 0 unspecified atom stereocenters. The fraction of sp³-hybridized carbons (Fsp3) is 0.160. The van der Waals surface area contributed by atoms with Gasteiger partial charge in [0.25, 0.3) is 0 Å². The monoisotopic (exact) mass is 691 g/mol. The van der Waals surface area contributed by atoms with Gasteiger partial charge in [-0.1, -0.05) is 162 Å². The number of hydrogen-bond donors (Lipinski definition) is 0. The van der Waals surface area contributed by atoms with E-state index >= 15 is 0 Å². The molecule has 0 saturated heterocycles. The first-order valence-electron chi connectivity index (χ1n) is 18.2. The van der Waals surface area contributed by atoms with Gasteiger partial charge >= 0.3 is 0 Å². The average molecular weight is 692 g/mol. The molecule has 8 rings (SSSR count). The Morgan fingerprint density at radius 3 is 2.15 bits per heavy atom. The predicted molar refractivity (Wildman–Crippen MR) is 227 cm³/mol. The summed E-state index contributed by atoms with van der Waals surface area (Å²) in [6.45, 7) is 18.9. The highest BCUT2D eigenvalue weighted by molar-refractivity contribution is 7.19. The minimum Gasteiger partial charge on any atom is -0.338 e. The molecule has 2 heteroatoms. The molecule has 0 atom stereocenters. The highest BCUT2D eigenvalue weighted by atomic mass is 32.1. The van der Waals surface area contributed by atoms with Gasteiger partial charge in [0.2, 0.25) is 0 Å². The molecular weight excluding hydrogens is 647 g/mol. The molecule has 5 aromatic carbocycles. The fourth-order valence-electron chi connectivity index (χ4n) is 8.12. The van der Waals surface area contributed by atoms with Gasteiger partial charge in [-0.05, 0) is 91.4 Å². The van der Waals surface area contributed by atoms with E-state index in [9.17, 15) is 0 Å². The maximum Gasteiger partial charge on any atom is 0.0417 e. The molecule has 0 radical (unpaired) electrons. The number of anilines is 2. The first-order chi connectivity index (χ1) is 25.2. The minimum atomic E-state index is -0.286. The van der Waals surface area contributed by atoms with Crippen LogP contribution in [-0.2, 0) is 11.8 Å². The summed E-state index contributed by atoms with van der Waals surface area (Å²) < 4.78 is 1.32. The van der Waals surface area contributed by atoms with Gasteiger partial charge in [0.15, 0.2) is 0 Å². The smallest absolute Gasteiger partial charge is 0.0417 e. The van der Waals surface area contributed by atoms with Crippen LogP contribution in [0.5, 0.6) is 0 Å². The van der Waals surface area contributed by atoms with Crippen LogP contribution in [0.15, 0.2) is 176 Å². The lowest BCUT2D eigenvalue weighted by atomic mass is 9.75. The quantitative estimate of drug-likeness (QED) is 0.161. The molecule has 1 aromatic heterocycles. The molecule has 52 heavy (non-hydrogen) atoms. The standard InChI is InChI=1S/C50H45NS/c1-7-35-32-48-43(42-19-12-14-22-47(42)52-48)29-23-34(2)49(3,4)44(35)21-15-31-51(38-26-24-37(25-27-38)36-16-9-8-10-17-36)39-28-30-41-40-18-11-13-20-45(40)50(5,6)46(41)33-39/h7-30,33H,1-2,31-32H2,3-6H3/b21-15-,29-23-,44-35-. The molecule has 0 saturated carbocycles. The summed E-state index contributed by atoms with van der Waals surface area (Å²) in [4.78, 5) is 3.81. The first kappa shape index (κ1) is 33.7. The molecule has 0 amide bonds. The van der Waals surface area contributed by atoms with E-state index in [0.717, 1.165) is 17.7 Å². The van der Waals surface area contributed by atoms with E-state index in [-0.39, 0.29) is 10.8 Å². The predicted octanol–water partition coefficient (Wildman–Crippen LogP) is 13.9. The normalized spacial score (nSPS) is 17.9. The molecule has 6 aromatic rings. The Morgan fingerprint density at radius 2 is 1.37 bits per heavy atom. The zero-order chi connectivity index (χ0) is 36.0. The van der Waals surface area contributed by atoms with Crippen molar-refractivity contribution in [2.45, 2.75) is 39.5 Å². The van der Waals surface area contributed by atoms with Gasteiger partial charge in [-0.25, -0.2) is 0 Å². The number of rotatable bonds is 7. The molecule has 0 bridgehead atoms. The van der Waals surface area contributed by atoms with Crippen molar-refractivity contribution in [3.63, 3.8) is 0 Å². The Bertz CT molecular complexity index is 2430. The van der Waals surface area contributed by atoms with Crippen molar-refractivity contribution >= 4 is 38.9 Å². The molecule has 1 heterocycles. The number of hydrogen-bond acceptors (Lipinski definition) is 2. The number of thiophene rings is 1. The molecule has 0 aliphatic heterocycles. The van der Waals surface area contributed by atoms with Gasteiger partial charge in [-0.15, -0.1) is 11.3 Å². The van der Waals surface area contributed by atoms with E-state index < -0.39 is 0 Å². The topological polar surface area (TPSA) is 3.24 Å². The maximum absolute atomic E-state index is 4.61. The second kappa shape index (κ2) is 13.3. The van der Waals surface area contributed by atoms with Crippen molar-refractivity contribution in [2.75, 3.05) is 11.4 Å². The van der Waals surface area contributed by atoms with E-state index in [2.05, 4.69) is 197 Å². The number of fused-ring (bicyclic) bond motifs is 6. The van der Waals surface area contributed by atoms with Crippen LogP contribution < -0.4 is 4.90 Å². The van der Waals surface area contributed by atoms with Gasteiger partial charge in [0.05, 0.1) is 0 Å². The number of nitrogens with zero attached hydrogens (tertiary/aromatic N) is 1. The van der Waals surface area contributed by atoms with Gasteiger partial charge in [0.1, 0.15) is 0 Å². The van der Waals surface area contributed by atoms with Crippen molar-refractivity contribution in [1.29, 1.82) is 0 Å². The van der Waals surface area contributed by atoms with Crippen molar-refractivity contribution in [1.82, 2.24) is 0 Å². The van der Waals surface area contributed by atoms with Gasteiger partial charge in [0, 0.05) is 44.7 Å². The first-order valence-corrected chi connectivity index (χ1v) is 19.1. The molecular formula is C50H45NS. The van der Waals surface area contributed by atoms with Crippen LogP contribution in [0.1, 0.15) is 49.3 Å². The van der Waals surface area contributed by atoms with Crippen LogP contribution in [0.4, 0.5) is 11.4 Å². The fourth-order valence-corrected chi connectivity index (χ4v) is 9.34. The second-order valence-corrected chi connectivity index (χ2v) is 16.2. The lowest BCUT2D eigenvalue weighted by Gasteiger charge is -2.30. The lowest BCUT2D eigenvalue weighted by molar-refractivity contribution is 0.563. The third-order valence-electron chi connectivity index (χ3n) is 11.3. The van der Waals surface area contributed by atoms with Crippen molar-refractivity contribution in [2.24, 2.45) is 5.41 Å². The lowest BCUT2D eigenvalue weighted by Crippen LogP contribution is -2.20. The molecule has 2 aliphatic rings. The zero-order valence-electron chi connectivity index (χ0n) is 30.6. The Kier molecular flexibility index (Phi) is 8.60. The molecule has 0 N–H and O–H groups in total. The summed E-state index contributed by atoms with van der Waals surface area (Å²) in [5, 5.41) is 1.31. The molecule has 1 nitrogen and oxygen atoms in total. The van der Waals surface area contributed by atoms with E-state index in [1.165, 1.54) is 70.7 Å². The van der Waals surface area contributed by atoms with Gasteiger partial charge in [-0.3, -0.25) is 0 Å². The van der Waals surface area contributed by atoms with Gasteiger partial charge < -0.3 is 4.90 Å². The van der Waals surface area contributed by atoms with E-state index in [1.807, 2.05) is 11.3 Å². The summed E-state index contributed by atoms with van der Waals surface area (Å²) in [5.74, 6) is 0. The molecule has 0 fully saturated rings. The Morgan fingerprint density at radius 1 is 0.692 bits per heavy atom. The van der Waals surface area contributed by atoms with Crippen LogP contribution in [0, 0.1) is 5.41 Å². The largest absolute Gasteiger partial charge is 0.338 e. The molecule has 2 aliphatic carbocycles. The third kappa shape index (κ3) is 5.82. The molecule has 0 spiro atoms. The Hall–Kier alpha value is -5.44. The second-order valence-electron chi connectivity index (χ2n) is 15.1. The summed E-state index contributed by atoms with van der Waals surface area (Å²) in [5.41, 5.74) is 14.7. The summed E-state index contributed by atoms with van der Waals surface area (Å²) in [6.07, 6.45) is 12.1. The summed E-state index contributed by atoms with van der Waals surface area (Å²) >= 11 is 1.89. The van der Waals surface area contributed by atoms with Crippen LogP contribution in [0.3, 0.4) is 0 Å². The number of benzene rings is 5. The van der Waals surface area contributed by atoms with Gasteiger partial charge in [-0.2, -0.15) is 0 Å². The van der Waals surface area contributed by atoms with Crippen molar-refractivity contribution < 1.29 is 0 Å². The summed E-state index contributed by atoms with van der Waals surface area (Å²) in [7, 11) is 0. The van der Waals surface area contributed by atoms with Crippen LogP contribution in [0.25, 0.3) is 38.4 Å². The van der Waals surface area contributed by atoms with E-state index in [4.69, 9.17) is 0 Å². The minimum absolute atomic E-state index is 0.0784. The van der Waals surface area contributed by atoms with Crippen LogP contribution in [-0.4, -0.2) is 6.54 Å². The van der Waals surface area contributed by atoms with Crippen LogP contribution in [0.2, 0.25) is 0 Å². The average Bonchev–Trinajstić information content (AvgIpc) is 3.64. The van der Waals surface area contributed by atoms with E-state index in [1.54, 1.807) is 0 Å². The maximum atomic E-state index is 4.61. The highest BCUT2D eigenvalue weighted by Crippen LogP contribution is 2.50. The zero-order valence-corrected chi connectivity index (χ0v) is 31.4. The summed E-state index contributed by atoms with van der Waals surface area (Å²) in [6, 6.07) is 44.2. The van der Waals surface area contributed by atoms with Crippen LogP contribution >= 0.6 is 11.3 Å². The van der Waals surface area contributed by atoms with Crippen molar-refractivity contribution in [3.05, 3.63) is 197 Å². The Labute approximate surface area is 313 Å². The SMILES string of the molecule is C=C/C1=C(\C=C/CN(c2ccc(-c3ccccc3)cc2)c2ccc3c(c2)C(C)(C)c2ccccc2-3)C(C)(C)C(=C)/C=C\c2c(sc3ccccc23)C1. The number of allylic oxidation sites excluding steroid dienone is 6.